The lowest BCUT2D eigenvalue weighted by atomic mass is 9.90. The van der Waals surface area contributed by atoms with Gasteiger partial charge < -0.3 is 9.47 Å². The first-order valence-electron chi connectivity index (χ1n) is 4.68. The van der Waals surface area contributed by atoms with E-state index in [1.807, 2.05) is 19.9 Å². The summed E-state index contributed by atoms with van der Waals surface area (Å²) in [6.07, 6.45) is 3.22. The minimum absolute atomic E-state index is 0.0246. The van der Waals surface area contributed by atoms with Gasteiger partial charge in [0.15, 0.2) is 0 Å². The van der Waals surface area contributed by atoms with E-state index in [2.05, 4.69) is 10.1 Å². The van der Waals surface area contributed by atoms with E-state index in [-0.39, 0.29) is 17.6 Å². The topological polar surface area (TPSA) is 47.6 Å². The number of carbonyl (C=O) groups excluding carboxylic acids is 1. The van der Waals surface area contributed by atoms with Gasteiger partial charge in [0.2, 0.25) is 0 Å². The molecule has 0 amide bonds. The monoisotopic (exact) mass is 199 g/mol. The fraction of sp³-hybridized carbons (Fsp3) is 0.700. The Balaban J connectivity index is 2.55. The molecule has 1 atom stereocenters. The molecule has 0 saturated carbocycles. The van der Waals surface area contributed by atoms with E-state index in [9.17, 15) is 4.79 Å². The van der Waals surface area contributed by atoms with Crippen LogP contribution in [0.5, 0.6) is 0 Å². The predicted molar refractivity (Wildman–Crippen MR) is 52.7 cm³/mol. The van der Waals surface area contributed by atoms with Gasteiger partial charge in [0.1, 0.15) is 6.23 Å². The zero-order valence-electron chi connectivity index (χ0n) is 8.87. The van der Waals surface area contributed by atoms with E-state index in [1.54, 1.807) is 0 Å². The van der Waals surface area contributed by atoms with Crippen molar-refractivity contribution in [2.45, 2.75) is 20.1 Å². The van der Waals surface area contributed by atoms with Crippen molar-refractivity contribution in [2.75, 3.05) is 20.3 Å². The second-order valence-corrected chi connectivity index (χ2v) is 3.88. The smallest absolute Gasteiger partial charge is 0.330 e. The van der Waals surface area contributed by atoms with Crippen molar-refractivity contribution in [3.05, 3.63) is 12.2 Å². The van der Waals surface area contributed by atoms with Gasteiger partial charge in [-0.15, -0.1) is 0 Å². The summed E-state index contributed by atoms with van der Waals surface area (Å²) in [5, 5.41) is 3.21. The molecule has 0 radical (unpaired) electrons. The van der Waals surface area contributed by atoms with Crippen LogP contribution in [0.15, 0.2) is 12.2 Å². The summed E-state index contributed by atoms with van der Waals surface area (Å²) >= 11 is 0. The first kappa shape index (κ1) is 11.2. The highest BCUT2D eigenvalue weighted by molar-refractivity contribution is 5.81. The maximum Gasteiger partial charge on any atom is 0.330 e. The van der Waals surface area contributed by atoms with E-state index < -0.39 is 0 Å². The van der Waals surface area contributed by atoms with Crippen LogP contribution in [0.3, 0.4) is 0 Å². The average Bonchev–Trinajstić information content (AvgIpc) is 2.67. The molecule has 1 heterocycles. The van der Waals surface area contributed by atoms with Gasteiger partial charge in [-0.2, -0.15) is 0 Å². The van der Waals surface area contributed by atoms with Gasteiger partial charge in [-0.25, -0.2) is 4.79 Å². The summed E-state index contributed by atoms with van der Waals surface area (Å²) in [6.45, 7) is 5.60. The number of carbonyl (C=O) groups is 1. The number of esters is 1. The Bertz CT molecular complexity index is 230. The Morgan fingerprint density at radius 2 is 2.36 bits per heavy atom. The molecule has 0 aromatic rings. The Morgan fingerprint density at radius 1 is 1.64 bits per heavy atom. The molecule has 1 N–H and O–H groups in total. The molecule has 0 bridgehead atoms. The Morgan fingerprint density at radius 3 is 2.86 bits per heavy atom. The van der Waals surface area contributed by atoms with Crippen LogP contribution in [-0.4, -0.2) is 32.5 Å². The molecule has 4 heteroatoms. The van der Waals surface area contributed by atoms with E-state index in [0.717, 1.165) is 13.2 Å². The molecule has 1 unspecified atom stereocenters. The van der Waals surface area contributed by atoms with Crippen LogP contribution in [0.1, 0.15) is 13.8 Å². The summed E-state index contributed by atoms with van der Waals surface area (Å²) in [6, 6.07) is 0. The van der Waals surface area contributed by atoms with Crippen LogP contribution in [-0.2, 0) is 14.3 Å². The fourth-order valence-corrected chi connectivity index (χ4v) is 1.34. The number of hydrogen-bond acceptors (Lipinski definition) is 4. The largest absolute Gasteiger partial charge is 0.466 e. The van der Waals surface area contributed by atoms with Crippen molar-refractivity contribution in [3.63, 3.8) is 0 Å². The number of methoxy groups -OCH3 is 1. The zero-order valence-corrected chi connectivity index (χ0v) is 8.87. The molecule has 4 nitrogen and oxygen atoms in total. The maximum absolute atomic E-state index is 10.9. The second-order valence-electron chi connectivity index (χ2n) is 3.88. The van der Waals surface area contributed by atoms with Gasteiger partial charge >= 0.3 is 5.97 Å². The van der Waals surface area contributed by atoms with Crippen LogP contribution >= 0.6 is 0 Å². The molecule has 0 aliphatic carbocycles. The van der Waals surface area contributed by atoms with Crippen molar-refractivity contribution >= 4 is 5.97 Å². The standard InChI is InChI=1S/C10H17NO3/c1-10(2,5-4-8(12)13-3)9-11-6-7-14-9/h4-5,9,11H,6-7H2,1-3H3/b5-4+. The zero-order chi connectivity index (χ0) is 10.6. The highest BCUT2D eigenvalue weighted by Gasteiger charge is 2.30. The molecule has 1 aliphatic heterocycles. The van der Waals surface area contributed by atoms with Crippen molar-refractivity contribution in [2.24, 2.45) is 5.41 Å². The minimum Gasteiger partial charge on any atom is -0.466 e. The maximum atomic E-state index is 10.9. The fourth-order valence-electron chi connectivity index (χ4n) is 1.34. The Hall–Kier alpha value is -0.870. The number of ether oxygens (including phenoxy) is 2. The molecule has 0 spiro atoms. The van der Waals surface area contributed by atoms with Crippen molar-refractivity contribution < 1.29 is 14.3 Å². The normalized spacial score (nSPS) is 22.9. The molecular formula is C10H17NO3. The second kappa shape index (κ2) is 4.57. The van der Waals surface area contributed by atoms with Gasteiger partial charge in [-0.3, -0.25) is 5.32 Å². The summed E-state index contributed by atoms with van der Waals surface area (Å²) in [5.74, 6) is -0.337. The summed E-state index contributed by atoms with van der Waals surface area (Å²) < 4.78 is 9.99. The molecule has 1 saturated heterocycles. The van der Waals surface area contributed by atoms with Gasteiger partial charge in [0.25, 0.3) is 0 Å². The molecular weight excluding hydrogens is 182 g/mol. The molecule has 14 heavy (non-hydrogen) atoms. The number of rotatable bonds is 3. The van der Waals surface area contributed by atoms with E-state index >= 15 is 0 Å². The first-order chi connectivity index (χ1) is 6.56. The third-order valence-electron chi connectivity index (χ3n) is 2.24. The van der Waals surface area contributed by atoms with Crippen LogP contribution in [0.4, 0.5) is 0 Å². The third kappa shape index (κ3) is 2.82. The molecule has 0 aromatic carbocycles. The van der Waals surface area contributed by atoms with Crippen LogP contribution in [0, 0.1) is 5.41 Å². The summed E-state index contributed by atoms with van der Waals surface area (Å²) in [5.41, 5.74) is -0.204. The highest BCUT2D eigenvalue weighted by atomic mass is 16.5. The van der Waals surface area contributed by atoms with Crippen molar-refractivity contribution in [1.29, 1.82) is 0 Å². The van der Waals surface area contributed by atoms with Crippen LogP contribution in [0.25, 0.3) is 0 Å². The molecule has 1 aliphatic rings. The van der Waals surface area contributed by atoms with Crippen LogP contribution in [0.2, 0.25) is 0 Å². The first-order valence-corrected chi connectivity index (χ1v) is 4.68. The Labute approximate surface area is 84.3 Å². The summed E-state index contributed by atoms with van der Waals surface area (Å²) in [7, 11) is 1.37. The highest BCUT2D eigenvalue weighted by Crippen LogP contribution is 2.25. The number of nitrogens with one attached hydrogen (secondary N) is 1. The third-order valence-corrected chi connectivity index (χ3v) is 2.24. The lowest BCUT2D eigenvalue weighted by Crippen LogP contribution is -2.37. The minimum atomic E-state index is -0.337. The molecule has 0 aromatic heterocycles. The summed E-state index contributed by atoms with van der Waals surface area (Å²) in [4.78, 5) is 10.9. The lowest BCUT2D eigenvalue weighted by Gasteiger charge is -2.27. The average molecular weight is 199 g/mol. The van der Waals surface area contributed by atoms with E-state index in [4.69, 9.17) is 4.74 Å². The Kier molecular flexibility index (Phi) is 3.66. The lowest BCUT2D eigenvalue weighted by molar-refractivity contribution is -0.134. The van der Waals surface area contributed by atoms with Crippen molar-refractivity contribution in [3.8, 4) is 0 Å². The quantitative estimate of drug-likeness (QED) is 0.536. The van der Waals surface area contributed by atoms with Gasteiger partial charge in [-0.1, -0.05) is 19.9 Å². The van der Waals surface area contributed by atoms with E-state index in [1.165, 1.54) is 13.2 Å². The van der Waals surface area contributed by atoms with Crippen LogP contribution < -0.4 is 5.32 Å². The number of hydrogen-bond donors (Lipinski definition) is 1. The van der Waals surface area contributed by atoms with E-state index in [0.29, 0.717) is 0 Å². The van der Waals surface area contributed by atoms with Gasteiger partial charge in [-0.05, 0) is 0 Å². The SMILES string of the molecule is COC(=O)/C=C/C(C)(C)C1NCCO1. The van der Waals surface area contributed by atoms with Gasteiger partial charge in [0.05, 0.1) is 13.7 Å². The molecule has 1 fully saturated rings. The molecule has 80 valence electrons. The van der Waals surface area contributed by atoms with Crippen molar-refractivity contribution in [1.82, 2.24) is 5.32 Å². The predicted octanol–water partition coefficient (Wildman–Crippen LogP) is 0.688. The molecule has 1 rings (SSSR count). The van der Waals surface area contributed by atoms with Gasteiger partial charge in [0, 0.05) is 18.0 Å².